The van der Waals surface area contributed by atoms with E-state index < -0.39 is 5.82 Å². The maximum atomic E-state index is 13.8. The van der Waals surface area contributed by atoms with Crippen molar-refractivity contribution in [2.24, 2.45) is 0 Å². The fraction of sp³-hybridized carbons (Fsp3) is 0.235. The number of hydrogen-bond donors (Lipinski definition) is 0. The summed E-state index contributed by atoms with van der Waals surface area (Å²) in [5.41, 5.74) is 1.66. The van der Waals surface area contributed by atoms with Gasteiger partial charge in [0.1, 0.15) is 0 Å². The Kier molecular flexibility index (Phi) is 4.56. The second-order valence-electron chi connectivity index (χ2n) is 4.86. The first kappa shape index (κ1) is 14.7. The first-order chi connectivity index (χ1) is 9.54. The predicted octanol–water partition coefficient (Wildman–Crippen LogP) is 5.22. The van der Waals surface area contributed by atoms with E-state index in [9.17, 15) is 9.18 Å². The highest BCUT2D eigenvalue weighted by molar-refractivity contribution is 6.31. The minimum atomic E-state index is -0.662. The van der Waals surface area contributed by atoms with Gasteiger partial charge in [-0.2, -0.15) is 0 Å². The summed E-state index contributed by atoms with van der Waals surface area (Å²) in [6, 6.07) is 11.8. The van der Waals surface area contributed by atoms with Gasteiger partial charge in [-0.1, -0.05) is 55.8 Å². The molecule has 104 valence electrons. The van der Waals surface area contributed by atoms with Gasteiger partial charge in [-0.05, 0) is 30.0 Å². The van der Waals surface area contributed by atoms with Gasteiger partial charge in [0, 0.05) is 5.56 Å². The van der Waals surface area contributed by atoms with E-state index in [-0.39, 0.29) is 16.4 Å². The number of benzene rings is 2. The van der Waals surface area contributed by atoms with Crippen molar-refractivity contribution in [3.63, 3.8) is 0 Å². The lowest BCUT2D eigenvalue weighted by atomic mass is 9.95. The molecule has 0 fully saturated rings. The largest absolute Gasteiger partial charge is 0.288 e. The van der Waals surface area contributed by atoms with E-state index in [1.54, 1.807) is 18.2 Å². The van der Waals surface area contributed by atoms with Crippen molar-refractivity contribution in [3.05, 3.63) is 70.0 Å². The van der Waals surface area contributed by atoms with Gasteiger partial charge in [0.2, 0.25) is 0 Å². The average Bonchev–Trinajstić information content (AvgIpc) is 2.48. The number of hydrogen-bond acceptors (Lipinski definition) is 1. The predicted molar refractivity (Wildman–Crippen MR) is 80.0 cm³/mol. The normalized spacial score (nSPS) is 12.2. The molecule has 1 atom stereocenters. The zero-order valence-electron chi connectivity index (χ0n) is 11.5. The Hall–Kier alpha value is -1.67. The molecular formula is C17H16ClFO. The molecule has 3 heteroatoms. The van der Waals surface area contributed by atoms with Gasteiger partial charge in [0.15, 0.2) is 11.6 Å². The van der Waals surface area contributed by atoms with E-state index >= 15 is 0 Å². The van der Waals surface area contributed by atoms with Crippen molar-refractivity contribution >= 4 is 17.4 Å². The number of carbonyl (C=O) groups is 1. The van der Waals surface area contributed by atoms with E-state index in [4.69, 9.17) is 11.6 Å². The van der Waals surface area contributed by atoms with E-state index in [2.05, 4.69) is 13.8 Å². The molecule has 0 aliphatic carbocycles. The molecule has 2 aromatic carbocycles. The van der Waals surface area contributed by atoms with E-state index in [0.29, 0.717) is 11.5 Å². The summed E-state index contributed by atoms with van der Waals surface area (Å²) in [5.74, 6) is -0.562. The summed E-state index contributed by atoms with van der Waals surface area (Å²) in [6.45, 7) is 4.25. The van der Waals surface area contributed by atoms with Gasteiger partial charge in [-0.15, -0.1) is 0 Å². The first-order valence-electron chi connectivity index (χ1n) is 6.63. The fourth-order valence-electron chi connectivity index (χ4n) is 2.03. The van der Waals surface area contributed by atoms with Gasteiger partial charge in [0.25, 0.3) is 0 Å². The first-order valence-corrected chi connectivity index (χ1v) is 7.01. The van der Waals surface area contributed by atoms with Crippen molar-refractivity contribution < 1.29 is 9.18 Å². The van der Waals surface area contributed by atoms with Crippen LogP contribution in [-0.2, 0) is 0 Å². The van der Waals surface area contributed by atoms with Crippen LogP contribution in [0.1, 0.15) is 47.7 Å². The van der Waals surface area contributed by atoms with Gasteiger partial charge >= 0.3 is 0 Å². The van der Waals surface area contributed by atoms with Gasteiger partial charge in [-0.25, -0.2) is 4.39 Å². The quantitative estimate of drug-likeness (QED) is 0.705. The Balaban J connectivity index is 2.32. The van der Waals surface area contributed by atoms with Gasteiger partial charge in [-0.3, -0.25) is 4.79 Å². The highest BCUT2D eigenvalue weighted by atomic mass is 35.5. The molecule has 0 bridgehead atoms. The second-order valence-corrected chi connectivity index (χ2v) is 5.27. The summed E-state index contributed by atoms with van der Waals surface area (Å²) in [6.07, 6.45) is 1.04. The maximum Gasteiger partial charge on any atom is 0.196 e. The molecule has 0 aliphatic heterocycles. The lowest BCUT2D eigenvalue weighted by Crippen LogP contribution is -2.05. The second kappa shape index (κ2) is 6.19. The zero-order valence-corrected chi connectivity index (χ0v) is 12.2. The third-order valence-corrected chi connectivity index (χ3v) is 3.84. The Bertz CT molecular complexity index is 619. The number of rotatable bonds is 4. The number of ketones is 1. The van der Waals surface area contributed by atoms with Crippen molar-refractivity contribution in [3.8, 4) is 0 Å². The molecule has 0 spiro atoms. The molecule has 0 saturated carbocycles. The van der Waals surface area contributed by atoms with Crippen LogP contribution in [0, 0.1) is 5.82 Å². The minimum Gasteiger partial charge on any atom is -0.288 e. The molecule has 0 saturated heterocycles. The van der Waals surface area contributed by atoms with Crippen LogP contribution < -0.4 is 0 Å². The van der Waals surface area contributed by atoms with Crippen molar-refractivity contribution in [2.75, 3.05) is 0 Å². The van der Waals surface area contributed by atoms with Crippen molar-refractivity contribution in [1.29, 1.82) is 0 Å². The van der Waals surface area contributed by atoms with Crippen LogP contribution in [0.5, 0.6) is 0 Å². The lowest BCUT2D eigenvalue weighted by Gasteiger charge is -2.10. The number of halogens is 2. The third kappa shape index (κ3) is 2.91. The third-order valence-electron chi connectivity index (χ3n) is 3.55. The smallest absolute Gasteiger partial charge is 0.196 e. The molecule has 1 nitrogen and oxygen atoms in total. The van der Waals surface area contributed by atoms with Crippen LogP contribution in [0.2, 0.25) is 5.02 Å². The lowest BCUT2D eigenvalue weighted by molar-refractivity contribution is 0.103. The molecule has 1 unspecified atom stereocenters. The van der Waals surface area contributed by atoms with Crippen LogP contribution in [0.3, 0.4) is 0 Å². The van der Waals surface area contributed by atoms with Crippen LogP contribution in [0.4, 0.5) is 4.39 Å². The minimum absolute atomic E-state index is 0.00814. The van der Waals surface area contributed by atoms with Crippen molar-refractivity contribution in [1.82, 2.24) is 0 Å². The van der Waals surface area contributed by atoms with E-state index in [1.807, 2.05) is 12.1 Å². The molecular weight excluding hydrogens is 275 g/mol. The van der Waals surface area contributed by atoms with Crippen LogP contribution >= 0.6 is 11.6 Å². The monoisotopic (exact) mass is 290 g/mol. The molecule has 0 aromatic heterocycles. The van der Waals surface area contributed by atoms with Crippen molar-refractivity contribution in [2.45, 2.75) is 26.2 Å². The molecule has 0 aliphatic rings. The molecule has 2 aromatic rings. The summed E-state index contributed by atoms with van der Waals surface area (Å²) < 4.78 is 13.8. The zero-order chi connectivity index (χ0) is 14.7. The molecule has 0 heterocycles. The summed E-state index contributed by atoms with van der Waals surface area (Å²) in [5, 5.41) is -0.0351. The number of carbonyl (C=O) groups excluding carboxylic acids is 1. The summed E-state index contributed by atoms with van der Waals surface area (Å²) in [7, 11) is 0. The average molecular weight is 291 g/mol. The Morgan fingerprint density at radius 1 is 1.20 bits per heavy atom. The summed E-state index contributed by atoms with van der Waals surface area (Å²) in [4.78, 5) is 12.3. The topological polar surface area (TPSA) is 17.1 Å². The highest BCUT2D eigenvalue weighted by Gasteiger charge is 2.16. The van der Waals surface area contributed by atoms with Gasteiger partial charge in [0.05, 0.1) is 10.6 Å². The SMILES string of the molecule is CCC(C)c1ccc(C(=O)c2cccc(Cl)c2F)cc1. The molecule has 0 N–H and O–H groups in total. The van der Waals surface area contributed by atoms with Gasteiger partial charge < -0.3 is 0 Å². The molecule has 0 radical (unpaired) electrons. The Morgan fingerprint density at radius 3 is 2.45 bits per heavy atom. The van der Waals surface area contributed by atoms with Crippen LogP contribution in [-0.4, -0.2) is 5.78 Å². The fourth-order valence-corrected chi connectivity index (χ4v) is 2.21. The van der Waals surface area contributed by atoms with E-state index in [0.717, 1.165) is 6.42 Å². The maximum absolute atomic E-state index is 13.8. The van der Waals surface area contributed by atoms with E-state index in [1.165, 1.54) is 17.7 Å². The molecule has 0 amide bonds. The Labute approximate surface area is 123 Å². The van der Waals surface area contributed by atoms with Crippen LogP contribution in [0.25, 0.3) is 0 Å². The standard InChI is InChI=1S/C17H16ClFO/c1-3-11(2)12-7-9-13(10-8-12)17(20)14-5-4-6-15(18)16(14)19/h4-11H,3H2,1-2H3. The molecule has 2 rings (SSSR count). The summed E-state index contributed by atoms with van der Waals surface area (Å²) >= 11 is 5.70. The molecule has 20 heavy (non-hydrogen) atoms. The Morgan fingerprint density at radius 2 is 1.85 bits per heavy atom. The highest BCUT2D eigenvalue weighted by Crippen LogP contribution is 2.23. The van der Waals surface area contributed by atoms with Crippen LogP contribution in [0.15, 0.2) is 42.5 Å².